The molecule has 4 aromatic rings. The summed E-state index contributed by atoms with van der Waals surface area (Å²) in [6, 6.07) is 17.1. The van der Waals surface area contributed by atoms with Crippen molar-refractivity contribution in [3.05, 3.63) is 77.1 Å². The van der Waals surface area contributed by atoms with E-state index in [1.807, 2.05) is 35.2 Å². The summed E-state index contributed by atoms with van der Waals surface area (Å²) < 4.78 is 1.79. The third-order valence-corrected chi connectivity index (χ3v) is 5.67. The molecule has 1 amide bonds. The van der Waals surface area contributed by atoms with Gasteiger partial charge < -0.3 is 9.80 Å². The van der Waals surface area contributed by atoms with Crippen LogP contribution in [0.3, 0.4) is 0 Å². The van der Waals surface area contributed by atoms with Crippen LogP contribution in [-0.2, 0) is 6.54 Å². The Hall–Kier alpha value is -3.52. The lowest BCUT2D eigenvalue weighted by Crippen LogP contribution is -2.49. The maximum absolute atomic E-state index is 12.8. The molecule has 8 nitrogen and oxygen atoms in total. The number of piperazine rings is 1. The van der Waals surface area contributed by atoms with E-state index < -0.39 is 0 Å². The van der Waals surface area contributed by atoms with E-state index >= 15 is 0 Å². The van der Waals surface area contributed by atoms with E-state index in [1.165, 1.54) is 0 Å². The fourth-order valence-electron chi connectivity index (χ4n) is 3.77. The van der Waals surface area contributed by atoms with E-state index in [-0.39, 0.29) is 5.91 Å². The van der Waals surface area contributed by atoms with Crippen molar-refractivity contribution >= 4 is 34.5 Å². The first-order chi connectivity index (χ1) is 15.2. The van der Waals surface area contributed by atoms with Crippen LogP contribution in [0.2, 0.25) is 5.02 Å². The van der Waals surface area contributed by atoms with Gasteiger partial charge in [-0.25, -0.2) is 14.6 Å². The number of rotatable bonds is 4. The van der Waals surface area contributed by atoms with Gasteiger partial charge in [0.25, 0.3) is 5.91 Å². The molecule has 9 heteroatoms. The van der Waals surface area contributed by atoms with Crippen LogP contribution >= 0.6 is 11.6 Å². The number of aromatic nitrogens is 5. The van der Waals surface area contributed by atoms with E-state index in [9.17, 15) is 4.79 Å². The number of amides is 1. The molecular formula is C22H20ClN7O. The molecule has 3 heterocycles. The van der Waals surface area contributed by atoms with Gasteiger partial charge in [-0.3, -0.25) is 4.79 Å². The second kappa shape index (κ2) is 8.31. The number of hydrogen-bond donors (Lipinski definition) is 0. The van der Waals surface area contributed by atoms with Gasteiger partial charge in [-0.15, -0.1) is 5.10 Å². The maximum atomic E-state index is 12.8. The topological polar surface area (TPSA) is 80.0 Å². The van der Waals surface area contributed by atoms with Crippen LogP contribution in [-0.4, -0.2) is 61.9 Å². The number of benzene rings is 2. The molecule has 31 heavy (non-hydrogen) atoms. The van der Waals surface area contributed by atoms with Crippen LogP contribution in [0.5, 0.6) is 0 Å². The number of anilines is 1. The third-order valence-electron chi connectivity index (χ3n) is 5.41. The summed E-state index contributed by atoms with van der Waals surface area (Å²) in [4.78, 5) is 25.6. The first-order valence-electron chi connectivity index (χ1n) is 10.1. The highest BCUT2D eigenvalue weighted by Crippen LogP contribution is 2.23. The monoisotopic (exact) mass is 433 g/mol. The van der Waals surface area contributed by atoms with E-state index in [2.05, 4.69) is 25.2 Å². The second-order valence-corrected chi connectivity index (χ2v) is 7.82. The van der Waals surface area contributed by atoms with Gasteiger partial charge in [0.1, 0.15) is 6.33 Å². The molecule has 1 saturated heterocycles. The quantitative estimate of drug-likeness (QED) is 0.492. The molecule has 0 saturated carbocycles. The Labute approximate surface area is 184 Å². The lowest BCUT2D eigenvalue weighted by molar-refractivity contribution is 0.0746. The van der Waals surface area contributed by atoms with Crippen LogP contribution < -0.4 is 4.90 Å². The Kier molecular flexibility index (Phi) is 5.21. The van der Waals surface area contributed by atoms with Gasteiger partial charge >= 0.3 is 0 Å². The molecule has 0 radical (unpaired) electrons. The molecule has 0 unspecified atom stereocenters. The van der Waals surface area contributed by atoms with Gasteiger partial charge in [0.05, 0.1) is 6.54 Å². The zero-order chi connectivity index (χ0) is 21.2. The van der Waals surface area contributed by atoms with Gasteiger partial charge in [-0.1, -0.05) is 47.1 Å². The number of carbonyl (C=O) groups is 1. The summed E-state index contributed by atoms with van der Waals surface area (Å²) in [6.07, 6.45) is 1.55. The highest BCUT2D eigenvalue weighted by Gasteiger charge is 2.25. The molecule has 0 spiro atoms. The van der Waals surface area contributed by atoms with Crippen molar-refractivity contribution in [2.75, 3.05) is 31.1 Å². The molecule has 0 aliphatic carbocycles. The van der Waals surface area contributed by atoms with Crippen molar-refractivity contribution in [1.29, 1.82) is 0 Å². The molecule has 1 fully saturated rings. The van der Waals surface area contributed by atoms with Gasteiger partial charge in [-0.2, -0.15) is 0 Å². The Morgan fingerprint density at radius 3 is 2.42 bits per heavy atom. The molecule has 0 atom stereocenters. The summed E-state index contributed by atoms with van der Waals surface area (Å²) in [6.45, 7) is 3.13. The van der Waals surface area contributed by atoms with Crippen molar-refractivity contribution in [3.63, 3.8) is 0 Å². The fourth-order valence-corrected chi connectivity index (χ4v) is 3.90. The van der Waals surface area contributed by atoms with E-state index in [0.717, 1.165) is 11.4 Å². The predicted molar refractivity (Wildman–Crippen MR) is 118 cm³/mol. The minimum absolute atomic E-state index is 0.0120. The average molecular weight is 434 g/mol. The summed E-state index contributed by atoms with van der Waals surface area (Å²) >= 11 is 5.93. The van der Waals surface area contributed by atoms with Crippen LogP contribution in [0.15, 0.2) is 60.9 Å². The normalized spacial score (nSPS) is 14.2. The summed E-state index contributed by atoms with van der Waals surface area (Å²) in [5, 5.41) is 9.27. The number of carbonyl (C=O) groups excluding carboxylic acids is 1. The van der Waals surface area contributed by atoms with Crippen LogP contribution in [0.1, 0.15) is 15.9 Å². The molecule has 156 valence electrons. The summed E-state index contributed by atoms with van der Waals surface area (Å²) in [7, 11) is 0. The Morgan fingerprint density at radius 1 is 0.935 bits per heavy atom. The SMILES string of the molecule is O=C(c1ccc(Cl)cc1)N1CCN(c2ncnc3c2nnn3Cc2ccccc2)CC1. The van der Waals surface area contributed by atoms with Crippen molar-refractivity contribution in [1.82, 2.24) is 29.9 Å². The first kappa shape index (κ1) is 19.4. The molecule has 0 N–H and O–H groups in total. The van der Waals surface area contributed by atoms with E-state index in [1.54, 1.807) is 35.3 Å². The summed E-state index contributed by atoms with van der Waals surface area (Å²) in [5.41, 5.74) is 3.15. The van der Waals surface area contributed by atoms with Crippen molar-refractivity contribution in [3.8, 4) is 0 Å². The largest absolute Gasteiger partial charge is 0.351 e. The van der Waals surface area contributed by atoms with Crippen molar-refractivity contribution in [2.45, 2.75) is 6.54 Å². The zero-order valence-corrected chi connectivity index (χ0v) is 17.5. The van der Waals surface area contributed by atoms with Gasteiger partial charge in [-0.05, 0) is 29.8 Å². The lowest BCUT2D eigenvalue weighted by Gasteiger charge is -2.35. The molecule has 1 aliphatic rings. The lowest BCUT2D eigenvalue weighted by atomic mass is 10.2. The van der Waals surface area contributed by atoms with Crippen molar-refractivity contribution in [2.24, 2.45) is 0 Å². The molecular weight excluding hydrogens is 414 g/mol. The van der Waals surface area contributed by atoms with Crippen LogP contribution in [0, 0.1) is 0 Å². The number of halogens is 1. The highest BCUT2D eigenvalue weighted by atomic mass is 35.5. The van der Waals surface area contributed by atoms with E-state index in [4.69, 9.17) is 11.6 Å². The zero-order valence-electron chi connectivity index (χ0n) is 16.7. The predicted octanol–water partition coefficient (Wildman–Crippen LogP) is 2.89. The van der Waals surface area contributed by atoms with Crippen molar-refractivity contribution < 1.29 is 4.79 Å². The summed E-state index contributed by atoms with van der Waals surface area (Å²) in [5.74, 6) is 0.765. The van der Waals surface area contributed by atoms with Crippen LogP contribution in [0.4, 0.5) is 5.82 Å². The Balaban J connectivity index is 1.32. The van der Waals surface area contributed by atoms with Gasteiger partial charge in [0.15, 0.2) is 17.0 Å². The number of nitrogens with zero attached hydrogens (tertiary/aromatic N) is 7. The third kappa shape index (κ3) is 3.94. The first-order valence-corrected chi connectivity index (χ1v) is 10.4. The standard InChI is InChI=1S/C22H20ClN7O/c23-18-8-6-17(7-9-18)22(31)29-12-10-28(11-13-29)20-19-21(25-15-24-20)30(27-26-19)14-16-4-2-1-3-5-16/h1-9,15H,10-14H2. The molecule has 1 aliphatic heterocycles. The molecule has 5 rings (SSSR count). The minimum Gasteiger partial charge on any atom is -0.351 e. The number of hydrogen-bond acceptors (Lipinski definition) is 6. The molecule has 2 aromatic carbocycles. The maximum Gasteiger partial charge on any atom is 0.253 e. The second-order valence-electron chi connectivity index (χ2n) is 7.39. The number of fused-ring (bicyclic) bond motifs is 1. The van der Waals surface area contributed by atoms with E-state index in [0.29, 0.717) is 54.5 Å². The molecule has 0 bridgehead atoms. The average Bonchev–Trinajstić information content (AvgIpc) is 3.23. The Morgan fingerprint density at radius 2 is 1.68 bits per heavy atom. The smallest absolute Gasteiger partial charge is 0.253 e. The fraction of sp³-hybridized carbons (Fsp3) is 0.227. The van der Waals surface area contributed by atoms with Gasteiger partial charge in [0, 0.05) is 36.8 Å². The Bertz CT molecular complexity index is 1200. The van der Waals surface area contributed by atoms with Crippen LogP contribution in [0.25, 0.3) is 11.2 Å². The molecule has 2 aromatic heterocycles. The minimum atomic E-state index is 0.0120. The van der Waals surface area contributed by atoms with Gasteiger partial charge in [0.2, 0.25) is 0 Å². The highest BCUT2D eigenvalue weighted by molar-refractivity contribution is 6.30.